The van der Waals surface area contributed by atoms with Gasteiger partial charge in [-0.05, 0) is 79.6 Å². The highest BCUT2D eigenvalue weighted by Crippen LogP contribution is 2.31. The van der Waals surface area contributed by atoms with Crippen molar-refractivity contribution in [1.82, 2.24) is 0 Å². The monoisotopic (exact) mass is 268 g/mol. The standard InChI is InChI=1S/C18H20O2/c1-10-6-12(3)15(8-11(10)2)16-9-17(18(19)20)14(5)7-13(16)4/h6-9H,1-5H3,(H,19,20). The summed E-state index contributed by atoms with van der Waals surface area (Å²) in [6.07, 6.45) is 0. The fourth-order valence-corrected chi connectivity index (χ4v) is 2.62. The summed E-state index contributed by atoms with van der Waals surface area (Å²) in [7, 11) is 0. The SMILES string of the molecule is Cc1cc(C)c(-c2cc(C(=O)O)c(C)cc2C)cc1C. The Hall–Kier alpha value is -2.09. The van der Waals surface area contributed by atoms with Gasteiger partial charge in [0.15, 0.2) is 0 Å². The minimum atomic E-state index is -0.870. The van der Waals surface area contributed by atoms with Gasteiger partial charge in [-0.25, -0.2) is 4.79 Å². The Morgan fingerprint density at radius 1 is 0.700 bits per heavy atom. The average Bonchev–Trinajstić information content (AvgIpc) is 2.34. The first-order valence-electron chi connectivity index (χ1n) is 6.74. The average molecular weight is 268 g/mol. The topological polar surface area (TPSA) is 37.3 Å². The third kappa shape index (κ3) is 2.46. The van der Waals surface area contributed by atoms with Gasteiger partial charge >= 0.3 is 5.97 Å². The number of hydrogen-bond acceptors (Lipinski definition) is 1. The molecule has 2 nitrogen and oxygen atoms in total. The lowest BCUT2D eigenvalue weighted by Crippen LogP contribution is -2.02. The number of carboxylic acid groups (broad SMARTS) is 1. The summed E-state index contributed by atoms with van der Waals surface area (Å²) in [5.74, 6) is -0.870. The van der Waals surface area contributed by atoms with Crippen molar-refractivity contribution in [1.29, 1.82) is 0 Å². The maximum Gasteiger partial charge on any atom is 0.335 e. The first-order valence-corrected chi connectivity index (χ1v) is 6.74. The Morgan fingerprint density at radius 2 is 1.15 bits per heavy atom. The number of carboxylic acids is 1. The van der Waals surface area contributed by atoms with E-state index in [4.69, 9.17) is 0 Å². The number of rotatable bonds is 2. The van der Waals surface area contributed by atoms with Crippen molar-refractivity contribution < 1.29 is 9.90 Å². The van der Waals surface area contributed by atoms with Gasteiger partial charge in [0.25, 0.3) is 0 Å². The molecule has 104 valence electrons. The molecule has 0 bridgehead atoms. The van der Waals surface area contributed by atoms with Crippen LogP contribution < -0.4 is 0 Å². The molecule has 0 aliphatic carbocycles. The molecule has 0 spiro atoms. The van der Waals surface area contributed by atoms with E-state index in [1.165, 1.54) is 16.7 Å². The third-order valence-electron chi connectivity index (χ3n) is 3.93. The molecule has 0 heterocycles. The summed E-state index contributed by atoms with van der Waals surface area (Å²) in [6.45, 7) is 10.1. The molecule has 0 unspecified atom stereocenters. The van der Waals surface area contributed by atoms with E-state index in [1.807, 2.05) is 19.9 Å². The molecule has 0 saturated heterocycles. The van der Waals surface area contributed by atoms with Gasteiger partial charge in [0.2, 0.25) is 0 Å². The van der Waals surface area contributed by atoms with Crippen LogP contribution in [0.1, 0.15) is 38.2 Å². The molecule has 0 saturated carbocycles. The summed E-state index contributed by atoms with van der Waals surface area (Å²) in [4.78, 5) is 11.3. The van der Waals surface area contributed by atoms with Crippen LogP contribution in [0.4, 0.5) is 0 Å². The van der Waals surface area contributed by atoms with Crippen molar-refractivity contribution in [2.75, 3.05) is 0 Å². The van der Waals surface area contributed by atoms with Crippen LogP contribution in [0, 0.1) is 34.6 Å². The van der Waals surface area contributed by atoms with E-state index in [1.54, 1.807) is 6.07 Å². The first-order chi connectivity index (χ1) is 9.31. The highest BCUT2D eigenvalue weighted by atomic mass is 16.4. The van der Waals surface area contributed by atoms with E-state index in [-0.39, 0.29) is 0 Å². The molecule has 0 aliphatic rings. The molecule has 2 aromatic rings. The summed E-state index contributed by atoms with van der Waals surface area (Å²) in [5, 5.41) is 9.30. The normalized spacial score (nSPS) is 10.7. The Kier molecular flexibility index (Phi) is 3.67. The van der Waals surface area contributed by atoms with Crippen molar-refractivity contribution in [2.24, 2.45) is 0 Å². The smallest absolute Gasteiger partial charge is 0.335 e. The van der Waals surface area contributed by atoms with Crippen molar-refractivity contribution in [2.45, 2.75) is 34.6 Å². The maximum absolute atomic E-state index is 11.3. The second-order valence-electron chi connectivity index (χ2n) is 5.54. The fraction of sp³-hybridized carbons (Fsp3) is 0.278. The van der Waals surface area contributed by atoms with Gasteiger partial charge < -0.3 is 5.11 Å². The molecule has 0 aliphatic heterocycles. The van der Waals surface area contributed by atoms with Crippen LogP contribution in [0.25, 0.3) is 11.1 Å². The van der Waals surface area contributed by atoms with E-state index in [0.717, 1.165) is 22.3 Å². The molecule has 0 atom stereocenters. The number of aromatic carboxylic acids is 1. The molecule has 2 rings (SSSR count). The zero-order chi connectivity index (χ0) is 15.0. The highest BCUT2D eigenvalue weighted by Gasteiger charge is 2.13. The lowest BCUT2D eigenvalue weighted by molar-refractivity contribution is 0.0696. The van der Waals surface area contributed by atoms with Crippen LogP contribution in [-0.2, 0) is 0 Å². The second kappa shape index (κ2) is 5.12. The fourth-order valence-electron chi connectivity index (χ4n) is 2.62. The lowest BCUT2D eigenvalue weighted by atomic mass is 9.90. The van der Waals surface area contributed by atoms with Crippen LogP contribution in [0.2, 0.25) is 0 Å². The van der Waals surface area contributed by atoms with Crippen molar-refractivity contribution >= 4 is 5.97 Å². The molecule has 20 heavy (non-hydrogen) atoms. The Morgan fingerprint density at radius 3 is 1.70 bits per heavy atom. The van der Waals surface area contributed by atoms with Gasteiger partial charge in [0.05, 0.1) is 5.56 Å². The van der Waals surface area contributed by atoms with Gasteiger partial charge in [-0.15, -0.1) is 0 Å². The molecule has 0 radical (unpaired) electrons. The highest BCUT2D eigenvalue weighted by molar-refractivity contribution is 5.92. The number of hydrogen-bond donors (Lipinski definition) is 1. The van der Waals surface area contributed by atoms with E-state index in [9.17, 15) is 9.90 Å². The molecule has 0 fully saturated rings. The van der Waals surface area contributed by atoms with Gasteiger partial charge in [0.1, 0.15) is 0 Å². The molecular formula is C18H20O2. The van der Waals surface area contributed by atoms with Gasteiger partial charge in [0, 0.05) is 0 Å². The maximum atomic E-state index is 11.3. The van der Waals surface area contributed by atoms with E-state index >= 15 is 0 Å². The van der Waals surface area contributed by atoms with Crippen LogP contribution in [0.15, 0.2) is 24.3 Å². The minimum absolute atomic E-state index is 0.378. The van der Waals surface area contributed by atoms with Crippen LogP contribution >= 0.6 is 0 Å². The van der Waals surface area contributed by atoms with Crippen molar-refractivity contribution in [3.8, 4) is 11.1 Å². The largest absolute Gasteiger partial charge is 0.478 e. The molecule has 1 N–H and O–H groups in total. The quantitative estimate of drug-likeness (QED) is 0.864. The lowest BCUT2D eigenvalue weighted by Gasteiger charge is -2.14. The van der Waals surface area contributed by atoms with E-state index in [0.29, 0.717) is 5.56 Å². The summed E-state index contributed by atoms with van der Waals surface area (Å²) in [6, 6.07) is 8.05. The number of carbonyl (C=O) groups is 1. The summed E-state index contributed by atoms with van der Waals surface area (Å²) < 4.78 is 0. The predicted molar refractivity (Wildman–Crippen MR) is 82.5 cm³/mol. The van der Waals surface area contributed by atoms with Gasteiger partial charge in [-0.3, -0.25) is 0 Å². The number of aryl methyl sites for hydroxylation is 5. The van der Waals surface area contributed by atoms with Gasteiger partial charge in [-0.2, -0.15) is 0 Å². The molecule has 0 amide bonds. The van der Waals surface area contributed by atoms with E-state index in [2.05, 4.69) is 32.9 Å². The minimum Gasteiger partial charge on any atom is -0.478 e. The Bertz CT molecular complexity index is 697. The van der Waals surface area contributed by atoms with Crippen LogP contribution in [0.5, 0.6) is 0 Å². The summed E-state index contributed by atoms with van der Waals surface area (Å²) in [5.41, 5.74) is 8.08. The molecular weight excluding hydrogens is 248 g/mol. The molecule has 2 heteroatoms. The van der Waals surface area contributed by atoms with Gasteiger partial charge in [-0.1, -0.05) is 18.2 Å². The van der Waals surface area contributed by atoms with E-state index < -0.39 is 5.97 Å². The van der Waals surface area contributed by atoms with Crippen LogP contribution in [0.3, 0.4) is 0 Å². The van der Waals surface area contributed by atoms with Crippen molar-refractivity contribution in [3.05, 3.63) is 57.6 Å². The second-order valence-corrected chi connectivity index (χ2v) is 5.54. The molecule has 2 aromatic carbocycles. The number of benzene rings is 2. The Balaban J connectivity index is 2.73. The predicted octanol–water partition coefficient (Wildman–Crippen LogP) is 4.59. The Labute approximate surface area is 120 Å². The van der Waals surface area contributed by atoms with Crippen LogP contribution in [-0.4, -0.2) is 11.1 Å². The zero-order valence-corrected chi connectivity index (χ0v) is 12.7. The third-order valence-corrected chi connectivity index (χ3v) is 3.93. The van der Waals surface area contributed by atoms with Crippen molar-refractivity contribution in [3.63, 3.8) is 0 Å². The first kappa shape index (κ1) is 14.3. The molecule has 0 aromatic heterocycles. The summed E-state index contributed by atoms with van der Waals surface area (Å²) >= 11 is 0. The zero-order valence-electron chi connectivity index (χ0n) is 12.7.